The fourth-order valence-corrected chi connectivity index (χ4v) is 3.28. The lowest BCUT2D eigenvalue weighted by Gasteiger charge is -2.26. The van der Waals surface area contributed by atoms with Gasteiger partial charge in [-0.1, -0.05) is 13.8 Å². The molecule has 0 bridgehead atoms. The van der Waals surface area contributed by atoms with Gasteiger partial charge in [-0.15, -0.1) is 0 Å². The number of H-pyrrole nitrogens is 1. The van der Waals surface area contributed by atoms with Gasteiger partial charge in [-0.3, -0.25) is 5.10 Å². The van der Waals surface area contributed by atoms with E-state index in [1.54, 1.807) is 14.0 Å². The van der Waals surface area contributed by atoms with E-state index < -0.39 is 10.2 Å². The first-order valence-corrected chi connectivity index (χ1v) is 7.90. The van der Waals surface area contributed by atoms with Crippen LogP contribution >= 0.6 is 0 Å². The molecule has 1 N–H and O–H groups in total. The largest absolute Gasteiger partial charge is 0.282 e. The van der Waals surface area contributed by atoms with Gasteiger partial charge in [-0.05, 0) is 19.8 Å². The Morgan fingerprint density at radius 2 is 1.79 bits per heavy atom. The summed E-state index contributed by atoms with van der Waals surface area (Å²) in [5.41, 5.74) is 0. The Morgan fingerprint density at radius 3 is 2.21 bits per heavy atom. The molecule has 0 spiro atoms. The van der Waals surface area contributed by atoms with E-state index in [0.29, 0.717) is 24.7 Å². The average molecular weight is 289 g/mol. The predicted octanol–water partition coefficient (Wildman–Crippen LogP) is 0.912. The van der Waals surface area contributed by atoms with E-state index in [1.165, 1.54) is 8.61 Å². The van der Waals surface area contributed by atoms with Gasteiger partial charge < -0.3 is 0 Å². The van der Waals surface area contributed by atoms with Crippen molar-refractivity contribution in [3.8, 4) is 0 Å². The van der Waals surface area contributed by atoms with Crippen molar-refractivity contribution in [1.29, 1.82) is 0 Å². The highest BCUT2D eigenvalue weighted by molar-refractivity contribution is 7.86. The second kappa shape index (κ2) is 6.97. The quantitative estimate of drug-likeness (QED) is 0.771. The molecule has 1 aromatic heterocycles. The number of hydrogen-bond donors (Lipinski definition) is 1. The van der Waals surface area contributed by atoms with E-state index >= 15 is 0 Å². The molecule has 0 aliphatic heterocycles. The zero-order chi connectivity index (χ0) is 14.5. The number of aryl methyl sites for hydroxylation is 1. The highest BCUT2D eigenvalue weighted by Gasteiger charge is 2.26. The minimum Gasteiger partial charge on any atom is -0.263 e. The molecule has 0 aliphatic carbocycles. The third kappa shape index (κ3) is 4.26. The van der Waals surface area contributed by atoms with Crippen LogP contribution in [0.3, 0.4) is 0 Å². The second-order valence-corrected chi connectivity index (χ2v) is 6.54. The first-order chi connectivity index (χ1) is 8.91. The third-order valence-electron chi connectivity index (χ3n) is 2.67. The van der Waals surface area contributed by atoms with E-state index in [2.05, 4.69) is 15.2 Å². The third-order valence-corrected chi connectivity index (χ3v) is 4.61. The number of rotatable bonds is 8. The van der Waals surface area contributed by atoms with Crippen LogP contribution in [-0.2, 0) is 16.8 Å². The smallest absolute Gasteiger partial charge is 0.263 e. The van der Waals surface area contributed by atoms with Crippen molar-refractivity contribution in [2.45, 2.75) is 40.2 Å². The van der Waals surface area contributed by atoms with Gasteiger partial charge in [-0.25, -0.2) is 4.98 Å². The molecule has 110 valence electrons. The molecule has 1 heterocycles. The molecule has 0 aromatic carbocycles. The highest BCUT2D eigenvalue weighted by atomic mass is 32.2. The predicted molar refractivity (Wildman–Crippen MR) is 73.7 cm³/mol. The Balaban J connectivity index is 2.79. The lowest BCUT2D eigenvalue weighted by Crippen LogP contribution is -2.42. The van der Waals surface area contributed by atoms with Crippen molar-refractivity contribution >= 4 is 10.2 Å². The maximum atomic E-state index is 12.4. The number of hydrogen-bond acceptors (Lipinski definition) is 4. The van der Waals surface area contributed by atoms with Crippen molar-refractivity contribution in [1.82, 2.24) is 23.8 Å². The molecule has 0 radical (unpaired) electrons. The van der Waals surface area contributed by atoms with Crippen molar-refractivity contribution < 1.29 is 8.42 Å². The molecule has 0 atom stereocenters. The van der Waals surface area contributed by atoms with Crippen LogP contribution in [0, 0.1) is 6.92 Å². The normalized spacial score (nSPS) is 12.5. The van der Waals surface area contributed by atoms with Gasteiger partial charge >= 0.3 is 0 Å². The zero-order valence-corrected chi connectivity index (χ0v) is 12.9. The summed E-state index contributed by atoms with van der Waals surface area (Å²) in [5.74, 6) is 1.16. The summed E-state index contributed by atoms with van der Waals surface area (Å²) in [6, 6.07) is 0. The van der Waals surface area contributed by atoms with Crippen LogP contribution < -0.4 is 0 Å². The zero-order valence-electron chi connectivity index (χ0n) is 12.0. The van der Waals surface area contributed by atoms with Gasteiger partial charge in [0, 0.05) is 20.1 Å². The van der Waals surface area contributed by atoms with Gasteiger partial charge in [0.05, 0.1) is 6.54 Å². The van der Waals surface area contributed by atoms with Gasteiger partial charge in [0.15, 0.2) is 5.82 Å². The van der Waals surface area contributed by atoms with E-state index in [1.807, 2.05) is 13.8 Å². The molecule has 0 amide bonds. The van der Waals surface area contributed by atoms with E-state index in [0.717, 1.165) is 12.8 Å². The molecule has 0 aliphatic rings. The lowest BCUT2D eigenvalue weighted by molar-refractivity contribution is 0.352. The molecule has 1 rings (SSSR count). The van der Waals surface area contributed by atoms with Crippen LogP contribution in [0.2, 0.25) is 0 Å². The monoisotopic (exact) mass is 289 g/mol. The van der Waals surface area contributed by atoms with Crippen LogP contribution in [0.15, 0.2) is 0 Å². The summed E-state index contributed by atoms with van der Waals surface area (Å²) >= 11 is 0. The minimum absolute atomic E-state index is 0.177. The number of nitrogens with zero attached hydrogens (tertiary/aromatic N) is 4. The number of nitrogens with one attached hydrogen (secondary N) is 1. The molecule has 0 fully saturated rings. The van der Waals surface area contributed by atoms with Crippen LogP contribution in [-0.4, -0.2) is 52.3 Å². The minimum atomic E-state index is -3.44. The Hall–Kier alpha value is -0.990. The molecule has 7 nitrogen and oxygen atoms in total. The molecule has 0 saturated carbocycles. The van der Waals surface area contributed by atoms with Gasteiger partial charge in [0.2, 0.25) is 0 Å². The van der Waals surface area contributed by atoms with Crippen LogP contribution in [0.1, 0.15) is 38.3 Å². The van der Waals surface area contributed by atoms with Gasteiger partial charge in [0.25, 0.3) is 10.2 Å². The highest BCUT2D eigenvalue weighted by Crippen LogP contribution is 2.10. The first-order valence-electron chi connectivity index (χ1n) is 6.51. The van der Waals surface area contributed by atoms with Crippen molar-refractivity contribution in [2.24, 2.45) is 0 Å². The summed E-state index contributed by atoms with van der Waals surface area (Å²) in [6.07, 6.45) is 1.60. The Morgan fingerprint density at radius 1 is 1.21 bits per heavy atom. The standard InChI is InChI=1S/C11H23N5O2S/c1-5-7-16(8-6-2)19(17,18)15(4)9-11-12-10(3)13-14-11/h5-9H2,1-4H3,(H,12,13,14). The Bertz CT molecular complexity index is 479. The van der Waals surface area contributed by atoms with E-state index in [4.69, 9.17) is 0 Å². The van der Waals surface area contributed by atoms with Crippen LogP contribution in [0.5, 0.6) is 0 Å². The molecule has 0 unspecified atom stereocenters. The number of aromatic amines is 1. The molecule has 0 saturated heterocycles. The van der Waals surface area contributed by atoms with Crippen molar-refractivity contribution in [2.75, 3.05) is 20.1 Å². The summed E-state index contributed by atoms with van der Waals surface area (Å²) in [6.45, 7) is 6.97. The maximum Gasteiger partial charge on any atom is 0.282 e. The van der Waals surface area contributed by atoms with Gasteiger partial charge in [-0.2, -0.15) is 22.1 Å². The number of aromatic nitrogens is 3. The summed E-state index contributed by atoms with van der Waals surface area (Å²) in [5, 5.41) is 6.67. The molecular weight excluding hydrogens is 266 g/mol. The lowest BCUT2D eigenvalue weighted by atomic mass is 10.4. The average Bonchev–Trinajstić information content (AvgIpc) is 2.74. The Labute approximate surface area is 115 Å². The summed E-state index contributed by atoms with van der Waals surface area (Å²) in [4.78, 5) is 4.12. The summed E-state index contributed by atoms with van der Waals surface area (Å²) < 4.78 is 27.6. The molecule has 1 aromatic rings. The SMILES string of the molecule is CCCN(CCC)S(=O)(=O)N(C)Cc1n[nH]c(C)n1. The summed E-state index contributed by atoms with van der Waals surface area (Å²) in [7, 11) is -1.89. The maximum absolute atomic E-state index is 12.4. The van der Waals surface area contributed by atoms with Crippen molar-refractivity contribution in [3.05, 3.63) is 11.6 Å². The fraction of sp³-hybridized carbons (Fsp3) is 0.818. The van der Waals surface area contributed by atoms with Gasteiger partial charge in [0.1, 0.15) is 5.82 Å². The van der Waals surface area contributed by atoms with Crippen LogP contribution in [0.25, 0.3) is 0 Å². The Kier molecular flexibility index (Phi) is 5.89. The fourth-order valence-electron chi connectivity index (χ4n) is 1.78. The molecule has 19 heavy (non-hydrogen) atoms. The second-order valence-electron chi connectivity index (χ2n) is 4.50. The topological polar surface area (TPSA) is 82.2 Å². The molecular formula is C11H23N5O2S. The first kappa shape index (κ1) is 16.1. The van der Waals surface area contributed by atoms with Crippen molar-refractivity contribution in [3.63, 3.8) is 0 Å². The molecule has 8 heteroatoms. The van der Waals surface area contributed by atoms with E-state index in [9.17, 15) is 8.42 Å². The van der Waals surface area contributed by atoms with Crippen LogP contribution in [0.4, 0.5) is 0 Å². The van der Waals surface area contributed by atoms with E-state index in [-0.39, 0.29) is 6.54 Å².